The van der Waals surface area contributed by atoms with Gasteiger partial charge in [-0.05, 0) is 36.3 Å². The summed E-state index contributed by atoms with van der Waals surface area (Å²) in [4.78, 5) is 0. The highest BCUT2D eigenvalue weighted by atomic mass is 35.5. The van der Waals surface area contributed by atoms with E-state index in [9.17, 15) is 0 Å². The van der Waals surface area contributed by atoms with E-state index in [1.165, 1.54) is 12.8 Å². The van der Waals surface area contributed by atoms with Gasteiger partial charge in [-0.3, -0.25) is 0 Å². The van der Waals surface area contributed by atoms with E-state index < -0.39 is 0 Å². The number of hydrogen-bond acceptors (Lipinski definition) is 1. The second kappa shape index (κ2) is 5.60. The molecular weight excluding hydrogens is 253 g/mol. The minimum Gasteiger partial charge on any atom is -0.310 e. The molecule has 1 aromatic rings. The van der Waals surface area contributed by atoms with Gasteiger partial charge in [-0.25, -0.2) is 0 Å². The first-order valence-corrected chi connectivity index (χ1v) is 7.01. The van der Waals surface area contributed by atoms with Gasteiger partial charge in [0.1, 0.15) is 0 Å². The molecule has 1 nitrogen and oxygen atoms in total. The molecule has 1 fully saturated rings. The van der Waals surface area contributed by atoms with E-state index in [0.717, 1.165) is 23.9 Å². The standard InChI is InChI=1S/C14H19Cl2N/c1-9-6-7-13(10(9)2)17-8-11-4-3-5-12(15)14(11)16/h3-5,9-10,13,17H,6-8H2,1-2H3. The van der Waals surface area contributed by atoms with E-state index in [2.05, 4.69) is 19.2 Å². The zero-order chi connectivity index (χ0) is 12.4. The van der Waals surface area contributed by atoms with Gasteiger partial charge >= 0.3 is 0 Å². The number of rotatable bonds is 3. The Bertz CT molecular complexity index is 392. The third-order valence-electron chi connectivity index (χ3n) is 4.05. The summed E-state index contributed by atoms with van der Waals surface area (Å²) in [5.41, 5.74) is 1.09. The van der Waals surface area contributed by atoms with E-state index in [0.29, 0.717) is 16.1 Å². The first-order valence-electron chi connectivity index (χ1n) is 6.26. The summed E-state index contributed by atoms with van der Waals surface area (Å²) in [6, 6.07) is 6.42. The molecule has 1 N–H and O–H groups in total. The van der Waals surface area contributed by atoms with E-state index in [1.54, 1.807) is 0 Å². The number of halogens is 2. The Morgan fingerprint density at radius 2 is 2.00 bits per heavy atom. The van der Waals surface area contributed by atoms with Gasteiger partial charge in [-0.15, -0.1) is 0 Å². The van der Waals surface area contributed by atoms with Crippen LogP contribution in [0.3, 0.4) is 0 Å². The van der Waals surface area contributed by atoms with Gasteiger partial charge in [0.25, 0.3) is 0 Å². The van der Waals surface area contributed by atoms with Gasteiger partial charge in [-0.2, -0.15) is 0 Å². The molecule has 0 aliphatic heterocycles. The van der Waals surface area contributed by atoms with Gasteiger partial charge in [0.15, 0.2) is 0 Å². The first kappa shape index (κ1) is 13.2. The molecular formula is C14H19Cl2N. The Hall–Kier alpha value is -0.240. The smallest absolute Gasteiger partial charge is 0.0637 e. The summed E-state index contributed by atoms with van der Waals surface area (Å²) in [7, 11) is 0. The van der Waals surface area contributed by atoms with Crippen molar-refractivity contribution in [1.82, 2.24) is 5.32 Å². The van der Waals surface area contributed by atoms with Crippen molar-refractivity contribution in [2.75, 3.05) is 0 Å². The Balaban J connectivity index is 1.96. The lowest BCUT2D eigenvalue weighted by molar-refractivity contribution is 0.370. The lowest BCUT2D eigenvalue weighted by atomic mass is 9.98. The second-order valence-corrected chi connectivity index (χ2v) is 5.90. The van der Waals surface area contributed by atoms with Gasteiger partial charge in [0.2, 0.25) is 0 Å². The summed E-state index contributed by atoms with van der Waals surface area (Å²) >= 11 is 12.2. The maximum absolute atomic E-state index is 6.17. The summed E-state index contributed by atoms with van der Waals surface area (Å²) in [5, 5.41) is 4.92. The van der Waals surface area contributed by atoms with E-state index >= 15 is 0 Å². The average molecular weight is 272 g/mol. The zero-order valence-corrected chi connectivity index (χ0v) is 11.9. The third kappa shape index (κ3) is 2.96. The molecule has 0 spiro atoms. The van der Waals surface area contributed by atoms with Crippen LogP contribution < -0.4 is 5.32 Å². The molecule has 0 heterocycles. The monoisotopic (exact) mass is 271 g/mol. The summed E-state index contributed by atoms with van der Waals surface area (Å²) in [6.45, 7) is 5.47. The predicted molar refractivity (Wildman–Crippen MR) is 74.7 cm³/mol. The second-order valence-electron chi connectivity index (χ2n) is 5.11. The van der Waals surface area contributed by atoms with Crippen LogP contribution in [0.15, 0.2) is 18.2 Å². The van der Waals surface area contributed by atoms with Crippen molar-refractivity contribution in [2.24, 2.45) is 11.8 Å². The van der Waals surface area contributed by atoms with Crippen LogP contribution >= 0.6 is 23.2 Å². The molecule has 3 heteroatoms. The maximum atomic E-state index is 6.17. The first-order chi connectivity index (χ1) is 8.09. The van der Waals surface area contributed by atoms with Crippen LogP contribution in [-0.2, 0) is 6.54 Å². The lowest BCUT2D eigenvalue weighted by Gasteiger charge is -2.20. The molecule has 2 rings (SSSR count). The Morgan fingerprint density at radius 3 is 2.65 bits per heavy atom. The third-order valence-corrected chi connectivity index (χ3v) is 4.91. The fourth-order valence-corrected chi connectivity index (χ4v) is 2.97. The van der Waals surface area contributed by atoms with E-state index in [1.807, 2.05) is 18.2 Å². The predicted octanol–water partition coefficient (Wildman–Crippen LogP) is 4.52. The zero-order valence-electron chi connectivity index (χ0n) is 10.3. The number of hydrogen-bond donors (Lipinski definition) is 1. The molecule has 94 valence electrons. The Morgan fingerprint density at radius 1 is 1.24 bits per heavy atom. The normalized spacial score (nSPS) is 28.6. The molecule has 1 aliphatic rings. The summed E-state index contributed by atoms with van der Waals surface area (Å²) < 4.78 is 0. The molecule has 0 radical (unpaired) electrons. The molecule has 0 amide bonds. The van der Waals surface area contributed by atoms with Crippen molar-refractivity contribution in [2.45, 2.75) is 39.3 Å². The van der Waals surface area contributed by atoms with Crippen molar-refractivity contribution >= 4 is 23.2 Å². The molecule has 1 saturated carbocycles. The molecule has 0 saturated heterocycles. The SMILES string of the molecule is CC1CCC(NCc2cccc(Cl)c2Cl)C1C. The largest absolute Gasteiger partial charge is 0.310 e. The average Bonchev–Trinajstić information content (AvgIpc) is 2.62. The van der Waals surface area contributed by atoms with Crippen LogP contribution in [0.2, 0.25) is 10.0 Å². The van der Waals surface area contributed by atoms with Crippen molar-refractivity contribution in [3.8, 4) is 0 Å². The van der Waals surface area contributed by atoms with E-state index in [-0.39, 0.29) is 0 Å². The number of benzene rings is 1. The topological polar surface area (TPSA) is 12.0 Å². The molecule has 17 heavy (non-hydrogen) atoms. The maximum Gasteiger partial charge on any atom is 0.0637 e. The fourth-order valence-electron chi connectivity index (χ4n) is 2.58. The highest BCUT2D eigenvalue weighted by Gasteiger charge is 2.29. The van der Waals surface area contributed by atoms with Crippen LogP contribution in [0, 0.1) is 11.8 Å². The highest BCUT2D eigenvalue weighted by Crippen LogP contribution is 2.32. The molecule has 3 atom stereocenters. The molecule has 0 bridgehead atoms. The minimum absolute atomic E-state index is 0.611. The van der Waals surface area contributed by atoms with Crippen molar-refractivity contribution in [1.29, 1.82) is 0 Å². The van der Waals surface area contributed by atoms with Gasteiger partial charge in [0.05, 0.1) is 10.0 Å². The van der Waals surface area contributed by atoms with Crippen LogP contribution in [-0.4, -0.2) is 6.04 Å². The van der Waals surface area contributed by atoms with Crippen LogP contribution in [0.1, 0.15) is 32.3 Å². The quantitative estimate of drug-likeness (QED) is 0.853. The molecule has 1 aromatic carbocycles. The van der Waals surface area contributed by atoms with Crippen LogP contribution in [0.4, 0.5) is 0 Å². The van der Waals surface area contributed by atoms with Crippen LogP contribution in [0.25, 0.3) is 0 Å². The minimum atomic E-state index is 0.611. The van der Waals surface area contributed by atoms with Crippen molar-refractivity contribution < 1.29 is 0 Å². The highest BCUT2D eigenvalue weighted by molar-refractivity contribution is 6.42. The Kier molecular flexibility index (Phi) is 4.35. The van der Waals surface area contributed by atoms with Gasteiger partial charge in [0, 0.05) is 12.6 Å². The van der Waals surface area contributed by atoms with Gasteiger partial charge in [-0.1, -0.05) is 49.2 Å². The van der Waals surface area contributed by atoms with Crippen molar-refractivity contribution in [3.63, 3.8) is 0 Å². The number of nitrogens with one attached hydrogen (secondary N) is 1. The van der Waals surface area contributed by atoms with Gasteiger partial charge < -0.3 is 5.32 Å². The lowest BCUT2D eigenvalue weighted by Crippen LogP contribution is -2.31. The summed E-state index contributed by atoms with van der Waals surface area (Å²) in [5.74, 6) is 1.57. The summed E-state index contributed by atoms with van der Waals surface area (Å²) in [6.07, 6.45) is 2.59. The fraction of sp³-hybridized carbons (Fsp3) is 0.571. The molecule has 1 aliphatic carbocycles. The van der Waals surface area contributed by atoms with E-state index in [4.69, 9.17) is 23.2 Å². The van der Waals surface area contributed by atoms with Crippen LogP contribution in [0.5, 0.6) is 0 Å². The molecule has 3 unspecified atom stereocenters. The Labute approximate surface area is 114 Å². The van der Waals surface area contributed by atoms with Crippen molar-refractivity contribution in [3.05, 3.63) is 33.8 Å². The molecule has 0 aromatic heterocycles.